The Morgan fingerprint density at radius 2 is 0.923 bits per heavy atom. The van der Waals surface area contributed by atoms with Gasteiger partial charge in [-0.1, -0.05) is 114 Å². The lowest BCUT2D eigenvalue weighted by atomic mass is 9.89. The van der Waals surface area contributed by atoms with E-state index < -0.39 is 0 Å². The monoisotopic (exact) mass is 1970 g/mol. The van der Waals surface area contributed by atoms with E-state index in [9.17, 15) is 19.2 Å². The number of likely N-dealkylation sites (tertiary alicyclic amines) is 2. The minimum Gasteiger partial charge on any atom is -0.480 e. The highest BCUT2D eigenvalue weighted by molar-refractivity contribution is 5.93. The van der Waals surface area contributed by atoms with Gasteiger partial charge in [0.05, 0.1) is 124 Å². The van der Waals surface area contributed by atoms with Crippen molar-refractivity contribution in [1.29, 1.82) is 0 Å². The number of nitrogens with zero attached hydrogens (tertiary/aromatic N) is 22. The molecule has 0 N–H and O–H groups in total. The van der Waals surface area contributed by atoms with Crippen LogP contribution < -0.4 is 4.90 Å². The average Bonchev–Trinajstić information content (AvgIpc) is 1.57. The van der Waals surface area contributed by atoms with Gasteiger partial charge < -0.3 is 75.9 Å². The van der Waals surface area contributed by atoms with E-state index in [4.69, 9.17) is 81.4 Å². The molecule has 14 heterocycles. The van der Waals surface area contributed by atoms with Crippen LogP contribution in [0.3, 0.4) is 0 Å². The number of piperazine rings is 1. The van der Waals surface area contributed by atoms with E-state index in [1.165, 1.54) is 52.1 Å². The van der Waals surface area contributed by atoms with Gasteiger partial charge in [0.2, 0.25) is 0 Å². The zero-order chi connectivity index (χ0) is 104. The third-order valence-electron chi connectivity index (χ3n) is 28.3. The quantitative estimate of drug-likeness (QED) is 0.0431. The van der Waals surface area contributed by atoms with Crippen molar-refractivity contribution in [2.24, 2.45) is 23.7 Å². The zero-order valence-electron chi connectivity index (χ0n) is 90.6. The van der Waals surface area contributed by atoms with Crippen molar-refractivity contribution in [2.75, 3.05) is 112 Å². The Hall–Kier alpha value is -12.2. The van der Waals surface area contributed by atoms with Gasteiger partial charge in [0, 0.05) is 138 Å². The van der Waals surface area contributed by atoms with Crippen LogP contribution in [-0.2, 0) is 38.2 Å². The summed E-state index contributed by atoms with van der Waals surface area (Å²) in [6, 6.07) is 4.42. The summed E-state index contributed by atoms with van der Waals surface area (Å²) < 4.78 is 48.2. The maximum absolute atomic E-state index is 13.1. The van der Waals surface area contributed by atoms with Crippen LogP contribution in [-0.4, -0.2) is 254 Å². The highest BCUT2D eigenvalue weighted by Gasteiger charge is 2.57. The third kappa shape index (κ3) is 26.3. The molecule has 0 bridgehead atoms. The Morgan fingerprint density at radius 3 is 1.38 bits per heavy atom. The lowest BCUT2D eigenvalue weighted by Crippen LogP contribution is -2.56. The van der Waals surface area contributed by atoms with E-state index in [1.54, 1.807) is 30.0 Å². The molecule has 35 nitrogen and oxygen atoms in total. The first-order valence-electron chi connectivity index (χ1n) is 51.5. The van der Waals surface area contributed by atoms with Crippen molar-refractivity contribution in [3.8, 4) is 56.3 Å². The Morgan fingerprint density at radius 1 is 0.469 bits per heavy atom. The minimum absolute atomic E-state index is 0.0304. The number of hydrogen-bond donors (Lipinski definition) is 0. The number of carbonyl (C=O) groups is 4. The van der Waals surface area contributed by atoms with E-state index in [-0.39, 0.29) is 65.8 Å². The first kappa shape index (κ1) is 110. The summed E-state index contributed by atoms with van der Waals surface area (Å²) in [4.78, 5) is 111. The Balaban J connectivity index is 0.000000160. The number of methoxy groups -OCH3 is 1. The van der Waals surface area contributed by atoms with Gasteiger partial charge in [-0.3, -0.25) is 4.79 Å². The molecular weight excluding hydrogens is 1810 g/mol. The molecule has 6 atom stereocenters. The van der Waals surface area contributed by atoms with Gasteiger partial charge in [-0.05, 0) is 228 Å². The molecule has 4 aliphatic heterocycles. The summed E-state index contributed by atoms with van der Waals surface area (Å²) in [6.45, 7) is 64.6. The average molecular weight is 1970 g/mol. The fraction of sp³-hybridized carbons (Fsp3) is 0.620. The summed E-state index contributed by atoms with van der Waals surface area (Å²) in [5, 5.41) is 20.4. The highest BCUT2D eigenvalue weighted by atomic mass is 16.6. The van der Waals surface area contributed by atoms with Crippen LogP contribution in [0.1, 0.15) is 314 Å². The molecule has 0 spiro atoms. The fourth-order valence-corrected chi connectivity index (χ4v) is 20.1. The topological polar surface area (TPSA) is 387 Å². The number of piperidine rings is 1. The van der Waals surface area contributed by atoms with Gasteiger partial charge >= 0.3 is 18.2 Å². The molecule has 0 aromatic carbocycles. The van der Waals surface area contributed by atoms with Gasteiger partial charge in [-0.15, -0.1) is 0 Å². The largest absolute Gasteiger partial charge is 0.480 e. The molecule has 6 fully saturated rings. The standard InChI is InChI=1S/C24H36N4O2.C22H32N4O4.C21H28N4O3.C21H30N4O2.C20H30N6O2/c1-8-29-19(7)28-14-10-12-20(28)11-9-13-21-16(4)23(26-24(25-21)15(2)3)22-17(5)27-30-18(22)6;1-7-29-22(27)26-10-11-28-12-17(26)8-9-18-14(4)20(24-21(23-18)13(2)3)19-15(5)25-30-16(19)6;1-10(2)20-22-17(7-14-15-8-25(9-16(14)15)21(26)27-6)11(3)19(23-20)18-12(4)24-28-13(18)5;1-13(2)20-22-17(19-14(3)24-27-15(19)4)11-18(23-20)21(26)25(5)12-16-9-7-6-8-10-16;1-12(2)19-21-16(18-14(4)23-28-15(18)5)10-17(22-19)25-8-9-26(13(3)11-25)20(27)24(6)7/h15,20H,7-14H2,1-6H3;13,17H,7-12H2,1-6H3;10,14-16H,7-9H2,1-6H3;11,13,16H,6-10,12H2,1-5H3;10,12-13H,8-9,11H2,1-7H3/t20-;17-;14?,15-,16+;;13-/m10..0/s1. The SMILES string of the molecule is C=C(OCC)N1CCC[C@H]1CCCc1nc(C(C)C)nc(-c2c(C)noc2C)c1C.CCOC(=O)N1CCOC[C@@H]1CCc1nc(C(C)C)nc(-c2c(C)noc2C)c1C.COC(=O)N1C[C@@H]2C(Cc3nc(C(C)C)nc(-c4c(C)noc4C)c3C)[C@@H]2C1.Cc1noc(C)c1-c1cc(C(=O)N(C)CC2CCCCC2)nc(C(C)C)n1.Cc1noc(C)c1-c1cc(N2CCN(C(=O)N(C)C)[C@@H](C)C2)nc(C(C)C)n1. The number of morpholine rings is 1. The van der Waals surface area contributed by atoms with Crippen molar-refractivity contribution in [3.63, 3.8) is 0 Å². The van der Waals surface area contributed by atoms with Crippen molar-refractivity contribution in [3.05, 3.63) is 150 Å². The van der Waals surface area contributed by atoms with E-state index in [0.717, 1.165) is 242 Å². The molecule has 4 saturated heterocycles. The molecule has 35 heteroatoms. The molecule has 2 aliphatic carbocycles. The van der Waals surface area contributed by atoms with E-state index in [2.05, 4.69) is 128 Å². The number of hydrogen-bond acceptors (Lipinski definition) is 30. The summed E-state index contributed by atoms with van der Waals surface area (Å²) in [6.07, 6.45) is 13.7. The molecule has 1 unspecified atom stereocenters. The van der Waals surface area contributed by atoms with Gasteiger partial charge in [-0.2, -0.15) is 0 Å². The molecule has 6 aliphatic rings. The predicted molar refractivity (Wildman–Crippen MR) is 549 cm³/mol. The summed E-state index contributed by atoms with van der Waals surface area (Å²) >= 11 is 0. The van der Waals surface area contributed by atoms with E-state index in [1.807, 2.05) is 132 Å². The fourth-order valence-electron chi connectivity index (χ4n) is 20.1. The van der Waals surface area contributed by atoms with E-state index >= 15 is 0 Å². The maximum Gasteiger partial charge on any atom is 0.410 e. The first-order chi connectivity index (χ1) is 68.0. The number of urea groups is 1. The minimum atomic E-state index is -0.274. The van der Waals surface area contributed by atoms with Crippen LogP contribution in [0.2, 0.25) is 0 Å². The molecule has 0 radical (unpaired) electrons. The molecule has 2 saturated carbocycles. The summed E-state index contributed by atoms with van der Waals surface area (Å²) in [7, 11) is 6.90. The number of amides is 5. The number of aromatic nitrogens is 15. The number of anilines is 1. The highest BCUT2D eigenvalue weighted by Crippen LogP contribution is 2.54. The number of carbonyl (C=O) groups excluding carboxylic acids is 4. The number of ether oxygens (including phenoxy) is 4. The first-order valence-corrected chi connectivity index (χ1v) is 51.5. The normalized spacial score (nSPS) is 17.9. The zero-order valence-corrected chi connectivity index (χ0v) is 90.6. The Bertz CT molecular complexity index is 5930. The third-order valence-corrected chi connectivity index (χ3v) is 28.3. The molecule has 776 valence electrons. The van der Waals surface area contributed by atoms with Crippen LogP contribution in [0.15, 0.2) is 47.2 Å². The van der Waals surface area contributed by atoms with Gasteiger partial charge in [0.1, 0.15) is 69.4 Å². The lowest BCUT2D eigenvalue weighted by molar-refractivity contribution is -0.0104. The second-order valence-corrected chi connectivity index (χ2v) is 41.0. The number of rotatable bonds is 27. The molecule has 10 aromatic heterocycles. The van der Waals surface area contributed by atoms with Crippen LogP contribution in [0.4, 0.5) is 20.2 Å². The van der Waals surface area contributed by atoms with Gasteiger partial charge in [-0.25, -0.2) is 64.2 Å². The van der Waals surface area contributed by atoms with Crippen molar-refractivity contribution in [2.45, 2.75) is 311 Å². The van der Waals surface area contributed by atoms with Gasteiger partial charge in [0.25, 0.3) is 5.91 Å². The predicted octanol–water partition coefficient (Wildman–Crippen LogP) is 20.7. The number of fused-ring (bicyclic) bond motifs is 1. The molecule has 5 amide bonds. The van der Waals surface area contributed by atoms with Crippen LogP contribution in [0, 0.1) is 114 Å². The van der Waals surface area contributed by atoms with Crippen molar-refractivity contribution >= 4 is 29.9 Å². The Labute approximate surface area is 844 Å². The van der Waals surface area contributed by atoms with Crippen LogP contribution in [0.25, 0.3) is 56.3 Å². The summed E-state index contributed by atoms with van der Waals surface area (Å²) in [5.74, 6) is 12.8. The molecule has 10 aromatic rings. The van der Waals surface area contributed by atoms with E-state index in [0.29, 0.717) is 98.6 Å². The molecule has 143 heavy (non-hydrogen) atoms. The molecule has 16 rings (SSSR count). The lowest BCUT2D eigenvalue weighted by Gasteiger charge is -2.41. The van der Waals surface area contributed by atoms with Crippen molar-refractivity contribution < 1.29 is 60.7 Å². The van der Waals surface area contributed by atoms with Crippen LogP contribution in [0.5, 0.6) is 0 Å². The second kappa shape index (κ2) is 48.9. The molecular formula is C108H156N22O13. The maximum atomic E-state index is 13.1. The second-order valence-electron chi connectivity index (χ2n) is 41.0. The summed E-state index contributed by atoms with van der Waals surface area (Å²) in [5.41, 5.74) is 20.1. The Kier molecular flexibility index (Phi) is 37.5. The van der Waals surface area contributed by atoms with Crippen molar-refractivity contribution in [1.82, 2.24) is 105 Å². The van der Waals surface area contributed by atoms with Crippen LogP contribution >= 0.6 is 0 Å². The number of aryl methyl sites for hydroxylation is 12. The smallest absolute Gasteiger partial charge is 0.410 e. The van der Waals surface area contributed by atoms with Gasteiger partial charge in [0.15, 0.2) is 5.88 Å².